The largest absolute Gasteiger partial charge is 0.396 e. The van der Waals surface area contributed by atoms with Gasteiger partial charge in [-0.05, 0) is 6.42 Å². The van der Waals surface area contributed by atoms with Crippen molar-refractivity contribution >= 4 is 11.6 Å². The molecule has 5 nitrogen and oxygen atoms in total. The average Bonchev–Trinajstić information content (AvgIpc) is 2.83. The Morgan fingerprint density at radius 2 is 1.84 bits per heavy atom. The number of amides is 1. The number of aromatic amines is 1. The van der Waals surface area contributed by atoms with Crippen LogP contribution in [0.1, 0.15) is 68.8 Å². The predicted molar refractivity (Wildman–Crippen MR) is 77.9 cm³/mol. The Balaban J connectivity index is 1.96. The van der Waals surface area contributed by atoms with Gasteiger partial charge in [0.05, 0.1) is 11.9 Å². The zero-order valence-corrected chi connectivity index (χ0v) is 11.9. The highest BCUT2D eigenvalue weighted by Gasteiger charge is 2.10. The van der Waals surface area contributed by atoms with Crippen molar-refractivity contribution in [1.82, 2.24) is 15.5 Å². The van der Waals surface area contributed by atoms with Crippen molar-refractivity contribution in [1.29, 1.82) is 0 Å². The van der Waals surface area contributed by atoms with Crippen molar-refractivity contribution in [2.45, 2.75) is 58.3 Å². The molecule has 4 N–H and O–H groups in total. The molecule has 1 aromatic rings. The van der Waals surface area contributed by atoms with E-state index in [-0.39, 0.29) is 5.91 Å². The minimum Gasteiger partial charge on any atom is -0.396 e. The highest BCUT2D eigenvalue weighted by atomic mass is 16.1. The molecule has 0 atom stereocenters. The number of nitrogens with two attached hydrogens (primary N) is 1. The fraction of sp³-hybridized carbons (Fsp3) is 0.714. The second kappa shape index (κ2) is 9.42. The highest BCUT2D eigenvalue weighted by molar-refractivity contribution is 5.96. The zero-order chi connectivity index (χ0) is 13.9. The zero-order valence-electron chi connectivity index (χ0n) is 11.9. The molecule has 1 amide bonds. The number of rotatable bonds is 10. The molecular formula is C14H26N4O. The molecule has 0 aliphatic heterocycles. The predicted octanol–water partition coefficient (Wildman–Crippen LogP) is 2.86. The maximum absolute atomic E-state index is 11.7. The summed E-state index contributed by atoms with van der Waals surface area (Å²) in [6, 6.07) is 0. The fourth-order valence-electron chi connectivity index (χ4n) is 2.03. The lowest BCUT2D eigenvalue weighted by atomic mass is 10.1. The fourth-order valence-corrected chi connectivity index (χ4v) is 2.03. The molecule has 0 fully saturated rings. The van der Waals surface area contributed by atoms with E-state index in [0.29, 0.717) is 17.9 Å². The van der Waals surface area contributed by atoms with Crippen LogP contribution in [0.25, 0.3) is 0 Å². The van der Waals surface area contributed by atoms with Crippen LogP contribution in [0.3, 0.4) is 0 Å². The number of nitrogens with one attached hydrogen (secondary N) is 2. The minimum atomic E-state index is -0.169. The first-order chi connectivity index (χ1) is 9.25. The van der Waals surface area contributed by atoms with Crippen molar-refractivity contribution in [3.63, 3.8) is 0 Å². The van der Waals surface area contributed by atoms with Crippen LogP contribution >= 0.6 is 0 Å². The molecule has 0 unspecified atom stereocenters. The molecule has 1 rings (SSSR count). The molecule has 5 heteroatoms. The van der Waals surface area contributed by atoms with Crippen LogP contribution in [-0.4, -0.2) is 22.6 Å². The van der Waals surface area contributed by atoms with Crippen molar-refractivity contribution in [2.75, 3.05) is 12.3 Å². The van der Waals surface area contributed by atoms with Crippen molar-refractivity contribution in [3.8, 4) is 0 Å². The van der Waals surface area contributed by atoms with E-state index in [0.717, 1.165) is 6.42 Å². The van der Waals surface area contributed by atoms with Gasteiger partial charge in [0.1, 0.15) is 5.69 Å². The second-order valence-electron chi connectivity index (χ2n) is 4.93. The number of anilines is 1. The lowest BCUT2D eigenvalue weighted by molar-refractivity contribution is 0.0949. The molecule has 1 aromatic heterocycles. The molecule has 0 aliphatic carbocycles. The molecule has 0 spiro atoms. The summed E-state index contributed by atoms with van der Waals surface area (Å²) in [5.41, 5.74) is 6.35. The van der Waals surface area contributed by atoms with E-state index < -0.39 is 0 Å². The second-order valence-corrected chi connectivity index (χ2v) is 4.93. The monoisotopic (exact) mass is 266 g/mol. The number of unbranched alkanes of at least 4 members (excludes halogenated alkanes) is 7. The Kier molecular flexibility index (Phi) is 7.70. The number of nitrogen functional groups attached to an aromatic ring is 1. The van der Waals surface area contributed by atoms with Gasteiger partial charge < -0.3 is 11.1 Å². The first-order valence-electron chi connectivity index (χ1n) is 7.32. The van der Waals surface area contributed by atoms with Crippen LogP contribution in [0, 0.1) is 0 Å². The molecule has 19 heavy (non-hydrogen) atoms. The van der Waals surface area contributed by atoms with E-state index in [9.17, 15) is 4.79 Å². The molecule has 0 aliphatic rings. The topological polar surface area (TPSA) is 83.8 Å². The number of nitrogens with zero attached hydrogens (tertiary/aromatic N) is 1. The third-order valence-electron chi connectivity index (χ3n) is 3.21. The number of carbonyl (C=O) groups is 1. The quantitative estimate of drug-likeness (QED) is 0.569. The molecule has 1 heterocycles. The Morgan fingerprint density at radius 3 is 2.42 bits per heavy atom. The van der Waals surface area contributed by atoms with E-state index >= 15 is 0 Å². The maximum Gasteiger partial charge on any atom is 0.271 e. The summed E-state index contributed by atoms with van der Waals surface area (Å²) < 4.78 is 0. The van der Waals surface area contributed by atoms with Gasteiger partial charge in [-0.15, -0.1) is 0 Å². The third-order valence-corrected chi connectivity index (χ3v) is 3.21. The number of hydrogen-bond acceptors (Lipinski definition) is 3. The Hall–Kier alpha value is -1.52. The Morgan fingerprint density at radius 1 is 1.21 bits per heavy atom. The summed E-state index contributed by atoms with van der Waals surface area (Å²) in [5, 5.41) is 9.17. The molecule has 0 aromatic carbocycles. The van der Waals surface area contributed by atoms with E-state index in [1.54, 1.807) is 0 Å². The summed E-state index contributed by atoms with van der Waals surface area (Å²) in [7, 11) is 0. The average molecular weight is 266 g/mol. The van der Waals surface area contributed by atoms with Crippen molar-refractivity contribution in [3.05, 3.63) is 11.9 Å². The van der Waals surface area contributed by atoms with Crippen LogP contribution in [0.15, 0.2) is 6.20 Å². The lowest BCUT2D eigenvalue weighted by Gasteiger charge is -2.04. The SMILES string of the molecule is CCCCCCCCCCNC(=O)c1[nH]ncc1N. The van der Waals surface area contributed by atoms with Crippen LogP contribution in [0.4, 0.5) is 5.69 Å². The lowest BCUT2D eigenvalue weighted by Crippen LogP contribution is -2.25. The normalized spacial score (nSPS) is 10.6. The Bertz CT molecular complexity index is 362. The molecule has 108 valence electrons. The third kappa shape index (κ3) is 6.27. The summed E-state index contributed by atoms with van der Waals surface area (Å²) in [6.07, 6.45) is 11.5. The summed E-state index contributed by atoms with van der Waals surface area (Å²) in [5.74, 6) is -0.169. The van der Waals surface area contributed by atoms with Crippen LogP contribution in [0.2, 0.25) is 0 Å². The van der Waals surface area contributed by atoms with Gasteiger partial charge >= 0.3 is 0 Å². The summed E-state index contributed by atoms with van der Waals surface area (Å²) in [4.78, 5) is 11.7. The van der Waals surface area contributed by atoms with Gasteiger partial charge in [0.25, 0.3) is 5.91 Å². The van der Waals surface area contributed by atoms with E-state index in [1.165, 1.54) is 51.1 Å². The Labute approximate surface area is 115 Å². The van der Waals surface area contributed by atoms with Gasteiger partial charge in [-0.1, -0.05) is 51.9 Å². The molecule has 0 radical (unpaired) electrons. The van der Waals surface area contributed by atoms with Gasteiger partial charge in [-0.2, -0.15) is 5.10 Å². The van der Waals surface area contributed by atoms with Gasteiger partial charge in [0, 0.05) is 6.54 Å². The van der Waals surface area contributed by atoms with Crippen LogP contribution in [0.5, 0.6) is 0 Å². The maximum atomic E-state index is 11.7. The highest BCUT2D eigenvalue weighted by Crippen LogP contribution is 2.08. The number of carbonyl (C=O) groups excluding carboxylic acids is 1. The summed E-state index contributed by atoms with van der Waals surface area (Å²) >= 11 is 0. The number of H-pyrrole nitrogens is 1. The van der Waals surface area contributed by atoms with E-state index in [2.05, 4.69) is 22.4 Å². The molecule has 0 bridgehead atoms. The molecular weight excluding hydrogens is 240 g/mol. The van der Waals surface area contributed by atoms with Crippen molar-refractivity contribution in [2.24, 2.45) is 0 Å². The van der Waals surface area contributed by atoms with Crippen LogP contribution in [-0.2, 0) is 0 Å². The van der Waals surface area contributed by atoms with Gasteiger partial charge in [-0.25, -0.2) is 0 Å². The molecule has 0 saturated carbocycles. The van der Waals surface area contributed by atoms with Crippen molar-refractivity contribution < 1.29 is 4.79 Å². The van der Waals surface area contributed by atoms with E-state index in [4.69, 9.17) is 5.73 Å². The smallest absolute Gasteiger partial charge is 0.271 e. The first-order valence-corrected chi connectivity index (χ1v) is 7.32. The molecule has 0 saturated heterocycles. The number of hydrogen-bond donors (Lipinski definition) is 3. The first kappa shape index (κ1) is 15.5. The number of aromatic nitrogens is 2. The van der Waals surface area contributed by atoms with Gasteiger partial charge in [0.2, 0.25) is 0 Å². The van der Waals surface area contributed by atoms with Gasteiger partial charge in [-0.3, -0.25) is 9.89 Å². The minimum absolute atomic E-state index is 0.169. The standard InChI is InChI=1S/C14H26N4O/c1-2-3-4-5-6-7-8-9-10-16-14(19)13-12(15)11-17-18-13/h11H,2-10,15H2,1H3,(H,16,19)(H,17,18). The van der Waals surface area contributed by atoms with Crippen LogP contribution < -0.4 is 11.1 Å². The van der Waals surface area contributed by atoms with E-state index in [1.807, 2.05) is 0 Å². The van der Waals surface area contributed by atoms with Gasteiger partial charge in [0.15, 0.2) is 0 Å². The summed E-state index contributed by atoms with van der Waals surface area (Å²) in [6.45, 7) is 2.93.